The maximum absolute atomic E-state index is 12.2. The van der Waals surface area contributed by atoms with Crippen LogP contribution in [-0.4, -0.2) is 56.4 Å². The third kappa shape index (κ3) is 6.62. The van der Waals surface area contributed by atoms with Crippen molar-refractivity contribution >= 4 is 17.7 Å². The first-order chi connectivity index (χ1) is 13.2. The first-order valence-corrected chi connectivity index (χ1v) is 10.6. The summed E-state index contributed by atoms with van der Waals surface area (Å²) in [6.07, 6.45) is 5.04. The van der Waals surface area contributed by atoms with Crippen molar-refractivity contribution in [1.29, 1.82) is 0 Å². The van der Waals surface area contributed by atoms with Crippen LogP contribution in [0.5, 0.6) is 0 Å². The normalized spacial score (nSPS) is 15.4. The lowest BCUT2D eigenvalue weighted by molar-refractivity contribution is -0.121. The van der Waals surface area contributed by atoms with Crippen molar-refractivity contribution in [1.82, 2.24) is 30.4 Å². The minimum atomic E-state index is -0.0519. The highest BCUT2D eigenvalue weighted by molar-refractivity contribution is 7.99. The Balaban J connectivity index is 1.40. The molecule has 3 rings (SSSR count). The number of thioether (sulfide) groups is 1. The van der Waals surface area contributed by atoms with Crippen molar-refractivity contribution in [2.24, 2.45) is 0 Å². The zero-order chi connectivity index (χ0) is 18.9. The summed E-state index contributed by atoms with van der Waals surface area (Å²) in [5, 5.41) is 14.8. The molecule has 7 nitrogen and oxygen atoms in total. The average molecular weight is 389 g/mol. The van der Waals surface area contributed by atoms with Gasteiger partial charge in [0.2, 0.25) is 5.91 Å². The number of nitrogens with zero attached hydrogens (tertiary/aromatic N) is 5. The van der Waals surface area contributed by atoms with Crippen LogP contribution >= 0.6 is 11.8 Å². The van der Waals surface area contributed by atoms with Gasteiger partial charge in [-0.25, -0.2) is 4.68 Å². The largest absolute Gasteiger partial charge is 0.354 e. The third-order valence-corrected chi connectivity index (χ3v) is 5.69. The maximum Gasteiger partial charge on any atom is 0.241 e. The molecule has 1 N–H and O–H groups in total. The van der Waals surface area contributed by atoms with E-state index in [1.165, 1.54) is 36.1 Å². The molecule has 0 spiro atoms. The number of tetrazole rings is 1. The van der Waals surface area contributed by atoms with Crippen molar-refractivity contribution in [2.75, 3.05) is 25.4 Å². The number of aromatic nitrogens is 4. The van der Waals surface area contributed by atoms with Crippen LogP contribution in [0.3, 0.4) is 0 Å². The van der Waals surface area contributed by atoms with Gasteiger partial charge in [-0.2, -0.15) is 0 Å². The molecule has 0 atom stereocenters. The summed E-state index contributed by atoms with van der Waals surface area (Å²) in [5.41, 5.74) is 1.25. The Morgan fingerprint density at radius 3 is 2.63 bits per heavy atom. The van der Waals surface area contributed by atoms with Crippen LogP contribution in [0.2, 0.25) is 0 Å². The van der Waals surface area contributed by atoms with Gasteiger partial charge in [0.15, 0.2) is 5.82 Å². The topological polar surface area (TPSA) is 75.9 Å². The Hall–Kier alpha value is -1.93. The molecule has 0 bridgehead atoms. The van der Waals surface area contributed by atoms with Gasteiger partial charge in [0.25, 0.3) is 0 Å². The standard InChI is InChI=1S/C19H28N6OS/c1-16-6-8-17(9-7-16)27-13-10-20-19(26)15-25-18(21-22-23-25)14-24-11-4-2-3-5-12-24/h6-9H,2-5,10-15H2,1H3,(H,20,26). The number of carbonyl (C=O) groups excluding carboxylic acids is 1. The molecule has 0 aliphatic carbocycles. The van der Waals surface area contributed by atoms with E-state index in [9.17, 15) is 4.79 Å². The second-order valence-corrected chi connectivity index (χ2v) is 8.12. The van der Waals surface area contributed by atoms with E-state index in [1.807, 2.05) is 0 Å². The lowest BCUT2D eigenvalue weighted by Gasteiger charge is -2.18. The number of rotatable bonds is 8. The van der Waals surface area contributed by atoms with Gasteiger partial charge >= 0.3 is 0 Å². The second-order valence-electron chi connectivity index (χ2n) is 6.95. The number of amides is 1. The Kier molecular flexibility index (Phi) is 7.65. The number of likely N-dealkylation sites (tertiary alicyclic amines) is 1. The Morgan fingerprint density at radius 1 is 1.15 bits per heavy atom. The van der Waals surface area contributed by atoms with Crippen molar-refractivity contribution in [3.05, 3.63) is 35.7 Å². The minimum absolute atomic E-state index is 0.0519. The lowest BCUT2D eigenvalue weighted by atomic mass is 10.2. The number of hydrogen-bond donors (Lipinski definition) is 1. The zero-order valence-electron chi connectivity index (χ0n) is 15.9. The highest BCUT2D eigenvalue weighted by atomic mass is 32.2. The Bertz CT molecular complexity index is 709. The molecule has 27 heavy (non-hydrogen) atoms. The molecule has 1 saturated heterocycles. The van der Waals surface area contributed by atoms with Gasteiger partial charge in [-0.3, -0.25) is 9.69 Å². The summed E-state index contributed by atoms with van der Waals surface area (Å²) in [7, 11) is 0. The molecule has 1 fully saturated rings. The van der Waals surface area contributed by atoms with E-state index in [0.29, 0.717) is 13.1 Å². The highest BCUT2D eigenvalue weighted by Crippen LogP contribution is 2.17. The predicted octanol–water partition coefficient (Wildman–Crippen LogP) is 2.27. The van der Waals surface area contributed by atoms with E-state index in [4.69, 9.17) is 0 Å². The van der Waals surface area contributed by atoms with Gasteiger partial charge < -0.3 is 5.32 Å². The van der Waals surface area contributed by atoms with Gasteiger partial charge in [-0.15, -0.1) is 16.9 Å². The number of benzene rings is 1. The summed E-state index contributed by atoms with van der Waals surface area (Å²) in [6.45, 7) is 5.75. The molecule has 1 aromatic heterocycles. The molecular weight excluding hydrogens is 360 g/mol. The van der Waals surface area contributed by atoms with Crippen LogP contribution in [-0.2, 0) is 17.9 Å². The van der Waals surface area contributed by atoms with Crippen molar-refractivity contribution in [3.63, 3.8) is 0 Å². The second kappa shape index (κ2) is 10.4. The van der Waals surface area contributed by atoms with E-state index < -0.39 is 0 Å². The van der Waals surface area contributed by atoms with Gasteiger partial charge in [0, 0.05) is 17.2 Å². The molecule has 0 unspecified atom stereocenters. The fourth-order valence-corrected chi connectivity index (χ4v) is 3.91. The number of hydrogen-bond acceptors (Lipinski definition) is 6. The van der Waals surface area contributed by atoms with Crippen LogP contribution in [0.4, 0.5) is 0 Å². The molecule has 0 radical (unpaired) electrons. The van der Waals surface area contributed by atoms with Gasteiger partial charge in [0.1, 0.15) is 6.54 Å². The van der Waals surface area contributed by atoms with Gasteiger partial charge in [-0.05, 0) is 55.4 Å². The first-order valence-electron chi connectivity index (χ1n) is 9.64. The molecule has 1 aliphatic rings. The monoisotopic (exact) mass is 388 g/mol. The fourth-order valence-electron chi connectivity index (χ4n) is 3.14. The molecule has 0 saturated carbocycles. The summed E-state index contributed by atoms with van der Waals surface area (Å²) in [4.78, 5) is 15.8. The molecule has 2 aromatic rings. The van der Waals surface area contributed by atoms with E-state index in [-0.39, 0.29) is 12.5 Å². The fraction of sp³-hybridized carbons (Fsp3) is 0.579. The summed E-state index contributed by atoms with van der Waals surface area (Å²) >= 11 is 1.74. The smallest absolute Gasteiger partial charge is 0.241 e. The number of aryl methyl sites for hydroxylation is 1. The Labute approximate surface area is 164 Å². The molecule has 1 aliphatic heterocycles. The van der Waals surface area contributed by atoms with Crippen LogP contribution in [0.15, 0.2) is 29.2 Å². The number of nitrogens with one attached hydrogen (secondary N) is 1. The van der Waals surface area contributed by atoms with E-state index in [0.717, 1.165) is 24.7 Å². The molecule has 2 heterocycles. The van der Waals surface area contributed by atoms with Crippen LogP contribution in [0.1, 0.15) is 37.1 Å². The highest BCUT2D eigenvalue weighted by Gasteiger charge is 2.15. The van der Waals surface area contributed by atoms with Crippen molar-refractivity contribution < 1.29 is 4.79 Å². The molecule has 1 amide bonds. The minimum Gasteiger partial charge on any atom is -0.354 e. The number of carbonyl (C=O) groups is 1. The summed E-state index contributed by atoms with van der Waals surface area (Å²) < 4.78 is 1.62. The summed E-state index contributed by atoms with van der Waals surface area (Å²) in [5.74, 6) is 1.55. The van der Waals surface area contributed by atoms with Crippen molar-refractivity contribution in [2.45, 2.75) is 50.6 Å². The van der Waals surface area contributed by atoms with Crippen LogP contribution in [0.25, 0.3) is 0 Å². The molecule has 1 aromatic carbocycles. The maximum atomic E-state index is 12.2. The SMILES string of the molecule is Cc1ccc(SCCNC(=O)Cn2nnnc2CN2CCCCCC2)cc1. The van der Waals surface area contributed by atoms with E-state index >= 15 is 0 Å². The average Bonchev–Trinajstić information content (AvgIpc) is 2.92. The van der Waals surface area contributed by atoms with E-state index in [2.05, 4.69) is 56.9 Å². The van der Waals surface area contributed by atoms with Gasteiger partial charge in [-0.1, -0.05) is 30.5 Å². The Morgan fingerprint density at radius 2 is 1.89 bits per heavy atom. The third-order valence-electron chi connectivity index (χ3n) is 4.68. The van der Waals surface area contributed by atoms with Crippen LogP contribution < -0.4 is 5.32 Å². The first kappa shape index (κ1) is 19.8. The van der Waals surface area contributed by atoms with Crippen molar-refractivity contribution in [3.8, 4) is 0 Å². The van der Waals surface area contributed by atoms with E-state index in [1.54, 1.807) is 16.4 Å². The molecule has 146 valence electrons. The predicted molar refractivity (Wildman–Crippen MR) is 106 cm³/mol. The zero-order valence-corrected chi connectivity index (χ0v) is 16.7. The summed E-state index contributed by atoms with van der Waals surface area (Å²) in [6, 6.07) is 8.42. The quantitative estimate of drug-likeness (QED) is 0.552. The molecule has 8 heteroatoms. The van der Waals surface area contributed by atoms with Gasteiger partial charge in [0.05, 0.1) is 6.54 Å². The lowest BCUT2D eigenvalue weighted by Crippen LogP contribution is -2.32. The molecular formula is C19H28N6OS. The van der Waals surface area contributed by atoms with Crippen LogP contribution in [0, 0.1) is 6.92 Å².